The Morgan fingerprint density at radius 2 is 1.76 bits per heavy atom. The highest BCUT2D eigenvalue weighted by Crippen LogP contribution is 2.23. The summed E-state index contributed by atoms with van der Waals surface area (Å²) in [6.07, 6.45) is 2.27. The molecule has 1 aliphatic rings. The molecule has 2 nitrogen and oxygen atoms in total. The van der Waals surface area contributed by atoms with E-state index >= 15 is 0 Å². The first kappa shape index (κ1) is 12.6. The third-order valence-corrected chi connectivity index (χ3v) is 3.46. The van der Waals surface area contributed by atoms with Crippen molar-refractivity contribution in [1.29, 1.82) is 0 Å². The van der Waals surface area contributed by atoms with Crippen LogP contribution in [0.1, 0.15) is 38.3 Å². The van der Waals surface area contributed by atoms with Crippen molar-refractivity contribution >= 4 is 0 Å². The highest BCUT2D eigenvalue weighted by molar-refractivity contribution is 5.19. The zero-order valence-electron chi connectivity index (χ0n) is 10.9. The van der Waals surface area contributed by atoms with E-state index in [1.165, 1.54) is 5.56 Å². The molecule has 17 heavy (non-hydrogen) atoms. The molecule has 1 saturated heterocycles. The summed E-state index contributed by atoms with van der Waals surface area (Å²) in [6.45, 7) is 6.36. The molecule has 1 heterocycles. The van der Waals surface area contributed by atoms with Crippen LogP contribution in [0.4, 0.5) is 0 Å². The lowest BCUT2D eigenvalue weighted by molar-refractivity contribution is 0.0728. The number of ether oxygens (including phenoxy) is 1. The molecule has 0 bridgehead atoms. The Morgan fingerprint density at radius 3 is 2.35 bits per heavy atom. The molecular weight excluding hydrogens is 210 g/mol. The molecule has 1 aliphatic heterocycles. The zero-order chi connectivity index (χ0) is 12.1. The van der Waals surface area contributed by atoms with E-state index in [-0.39, 0.29) is 0 Å². The summed E-state index contributed by atoms with van der Waals surface area (Å²) in [7, 11) is 0. The standard InChI is InChI=1S/C15H23NO/c1-12(2)15(13-6-4-3-5-7-13)16-14-8-10-17-11-9-14/h3-7,12,14-16H,8-11H2,1-2H3. The van der Waals surface area contributed by atoms with Crippen LogP contribution in [-0.4, -0.2) is 19.3 Å². The first-order chi connectivity index (χ1) is 8.27. The monoisotopic (exact) mass is 233 g/mol. The maximum Gasteiger partial charge on any atom is 0.0480 e. The lowest BCUT2D eigenvalue weighted by Crippen LogP contribution is -2.39. The Hall–Kier alpha value is -0.860. The molecule has 1 aromatic carbocycles. The molecule has 1 fully saturated rings. The van der Waals surface area contributed by atoms with Gasteiger partial charge < -0.3 is 10.1 Å². The average molecular weight is 233 g/mol. The van der Waals surface area contributed by atoms with Crippen LogP contribution < -0.4 is 5.32 Å². The lowest BCUT2D eigenvalue weighted by Gasteiger charge is -2.31. The molecule has 2 rings (SSSR count). The molecule has 94 valence electrons. The maximum atomic E-state index is 5.41. The fourth-order valence-electron chi connectivity index (χ4n) is 2.45. The minimum absolute atomic E-state index is 0.458. The molecule has 0 aliphatic carbocycles. The summed E-state index contributed by atoms with van der Waals surface area (Å²) in [5.74, 6) is 0.611. The zero-order valence-corrected chi connectivity index (χ0v) is 10.9. The van der Waals surface area contributed by atoms with Gasteiger partial charge in [-0.1, -0.05) is 44.2 Å². The Labute approximate surface area is 104 Å². The van der Waals surface area contributed by atoms with Crippen molar-refractivity contribution in [3.8, 4) is 0 Å². The average Bonchev–Trinajstić information content (AvgIpc) is 2.38. The predicted octanol–water partition coefficient (Wildman–Crippen LogP) is 3.15. The fraction of sp³-hybridized carbons (Fsp3) is 0.600. The van der Waals surface area contributed by atoms with E-state index in [2.05, 4.69) is 49.5 Å². The van der Waals surface area contributed by atoms with Gasteiger partial charge in [0.2, 0.25) is 0 Å². The van der Waals surface area contributed by atoms with Crippen LogP contribution in [-0.2, 0) is 4.74 Å². The molecule has 0 aromatic heterocycles. The molecule has 1 aromatic rings. The second kappa shape index (κ2) is 6.18. The Kier molecular flexibility index (Phi) is 4.57. The first-order valence-corrected chi connectivity index (χ1v) is 6.66. The minimum Gasteiger partial charge on any atom is -0.381 e. The van der Waals surface area contributed by atoms with Gasteiger partial charge in [-0.15, -0.1) is 0 Å². The van der Waals surface area contributed by atoms with Crippen molar-refractivity contribution < 1.29 is 4.74 Å². The Morgan fingerprint density at radius 1 is 1.12 bits per heavy atom. The molecular formula is C15H23NO. The predicted molar refractivity (Wildman–Crippen MR) is 71.0 cm³/mol. The fourth-order valence-corrected chi connectivity index (χ4v) is 2.45. The highest BCUT2D eigenvalue weighted by Gasteiger charge is 2.21. The van der Waals surface area contributed by atoms with Crippen molar-refractivity contribution in [2.24, 2.45) is 5.92 Å². The molecule has 0 saturated carbocycles. The third kappa shape index (κ3) is 3.55. The summed E-state index contributed by atoms with van der Waals surface area (Å²) in [4.78, 5) is 0. The topological polar surface area (TPSA) is 21.3 Å². The van der Waals surface area contributed by atoms with Crippen LogP contribution >= 0.6 is 0 Å². The van der Waals surface area contributed by atoms with Gasteiger partial charge in [-0.25, -0.2) is 0 Å². The number of hydrogen-bond donors (Lipinski definition) is 1. The SMILES string of the molecule is CC(C)C(NC1CCOCC1)c1ccccc1. The molecule has 1 atom stereocenters. The van der Waals surface area contributed by atoms with Crippen LogP contribution in [0.25, 0.3) is 0 Å². The van der Waals surface area contributed by atoms with Crippen molar-refractivity contribution in [2.45, 2.75) is 38.8 Å². The van der Waals surface area contributed by atoms with E-state index < -0.39 is 0 Å². The largest absolute Gasteiger partial charge is 0.381 e. The molecule has 2 heteroatoms. The van der Waals surface area contributed by atoms with Crippen LogP contribution in [0.5, 0.6) is 0 Å². The molecule has 1 N–H and O–H groups in total. The summed E-state index contributed by atoms with van der Waals surface area (Å²) in [5.41, 5.74) is 1.40. The van der Waals surface area contributed by atoms with Gasteiger partial charge in [0, 0.05) is 25.3 Å². The minimum atomic E-state index is 0.458. The van der Waals surface area contributed by atoms with E-state index in [0.29, 0.717) is 18.0 Å². The maximum absolute atomic E-state index is 5.41. The number of benzene rings is 1. The van der Waals surface area contributed by atoms with Gasteiger partial charge in [0.05, 0.1) is 0 Å². The molecule has 0 amide bonds. The number of rotatable bonds is 4. The van der Waals surface area contributed by atoms with Gasteiger partial charge in [0.1, 0.15) is 0 Å². The summed E-state index contributed by atoms with van der Waals surface area (Å²) >= 11 is 0. The van der Waals surface area contributed by atoms with Gasteiger partial charge in [-0.2, -0.15) is 0 Å². The van der Waals surface area contributed by atoms with E-state index in [9.17, 15) is 0 Å². The molecule has 1 unspecified atom stereocenters. The van der Waals surface area contributed by atoms with E-state index in [1.54, 1.807) is 0 Å². The highest BCUT2D eigenvalue weighted by atomic mass is 16.5. The molecule has 0 spiro atoms. The van der Waals surface area contributed by atoms with Gasteiger partial charge in [0.15, 0.2) is 0 Å². The van der Waals surface area contributed by atoms with Crippen molar-refractivity contribution in [3.63, 3.8) is 0 Å². The van der Waals surface area contributed by atoms with Crippen LogP contribution in [0.2, 0.25) is 0 Å². The van der Waals surface area contributed by atoms with Gasteiger partial charge in [-0.05, 0) is 24.3 Å². The van der Waals surface area contributed by atoms with Crippen molar-refractivity contribution in [1.82, 2.24) is 5.32 Å². The van der Waals surface area contributed by atoms with E-state index in [1.807, 2.05) is 0 Å². The van der Waals surface area contributed by atoms with Crippen molar-refractivity contribution in [2.75, 3.05) is 13.2 Å². The summed E-state index contributed by atoms with van der Waals surface area (Å²) in [5, 5.41) is 3.79. The van der Waals surface area contributed by atoms with Gasteiger partial charge in [0.25, 0.3) is 0 Å². The normalized spacial score (nSPS) is 19.5. The van der Waals surface area contributed by atoms with Crippen LogP contribution in [0.3, 0.4) is 0 Å². The second-order valence-electron chi connectivity index (χ2n) is 5.19. The van der Waals surface area contributed by atoms with Gasteiger partial charge in [-0.3, -0.25) is 0 Å². The van der Waals surface area contributed by atoms with E-state index in [0.717, 1.165) is 26.1 Å². The number of nitrogens with one attached hydrogen (secondary N) is 1. The quantitative estimate of drug-likeness (QED) is 0.862. The summed E-state index contributed by atoms with van der Waals surface area (Å²) in [6, 6.07) is 11.8. The van der Waals surface area contributed by atoms with E-state index in [4.69, 9.17) is 4.74 Å². The smallest absolute Gasteiger partial charge is 0.0480 e. The molecule has 0 radical (unpaired) electrons. The lowest BCUT2D eigenvalue weighted by atomic mass is 9.94. The number of hydrogen-bond acceptors (Lipinski definition) is 2. The van der Waals surface area contributed by atoms with Gasteiger partial charge >= 0.3 is 0 Å². The van der Waals surface area contributed by atoms with Crippen LogP contribution in [0, 0.1) is 5.92 Å². The summed E-state index contributed by atoms with van der Waals surface area (Å²) < 4.78 is 5.41. The second-order valence-corrected chi connectivity index (χ2v) is 5.19. The first-order valence-electron chi connectivity index (χ1n) is 6.66. The van der Waals surface area contributed by atoms with Crippen LogP contribution in [0.15, 0.2) is 30.3 Å². The van der Waals surface area contributed by atoms with Crippen molar-refractivity contribution in [3.05, 3.63) is 35.9 Å². The Balaban J connectivity index is 2.02. The Bertz CT molecular complexity index is 317. The third-order valence-electron chi connectivity index (χ3n) is 3.46.